The van der Waals surface area contributed by atoms with Crippen molar-refractivity contribution in [2.75, 3.05) is 6.61 Å². The Morgan fingerprint density at radius 1 is 1.15 bits per heavy atom. The summed E-state index contributed by atoms with van der Waals surface area (Å²) in [6, 6.07) is 13.8. The molecule has 0 fully saturated rings. The van der Waals surface area contributed by atoms with E-state index in [1.165, 1.54) is 23.5 Å². The van der Waals surface area contributed by atoms with Gasteiger partial charge in [0.1, 0.15) is 16.4 Å². The maximum absolute atomic E-state index is 13.2. The normalized spacial score (nSPS) is 11.0. The van der Waals surface area contributed by atoms with E-state index in [2.05, 4.69) is 4.98 Å². The van der Waals surface area contributed by atoms with Crippen molar-refractivity contribution in [1.82, 2.24) is 9.55 Å². The number of thiophene rings is 1. The monoisotopic (exact) mass is 380 g/mol. The summed E-state index contributed by atoms with van der Waals surface area (Å²) >= 11 is 1.41. The lowest BCUT2D eigenvalue weighted by molar-refractivity contribution is 0.335. The van der Waals surface area contributed by atoms with Crippen LogP contribution in [0.15, 0.2) is 65.0 Å². The molecule has 0 aliphatic heterocycles. The zero-order chi connectivity index (χ0) is 18.8. The Balaban J connectivity index is 1.80. The number of aromatic nitrogens is 2. The molecule has 136 valence electrons. The molecule has 0 saturated heterocycles. The van der Waals surface area contributed by atoms with Gasteiger partial charge in [-0.15, -0.1) is 11.3 Å². The molecular formula is C21H17FN2O2S. The highest BCUT2D eigenvalue weighted by atomic mass is 32.1. The molecule has 27 heavy (non-hydrogen) atoms. The van der Waals surface area contributed by atoms with Crippen LogP contribution in [0.1, 0.15) is 12.5 Å². The van der Waals surface area contributed by atoms with Crippen LogP contribution in [-0.4, -0.2) is 16.2 Å². The molecule has 2 heterocycles. The van der Waals surface area contributed by atoms with E-state index in [-0.39, 0.29) is 11.4 Å². The fourth-order valence-corrected chi connectivity index (χ4v) is 3.94. The SMILES string of the molecule is CCOc1ccccc1Cn1cnc2scc(-c3ccc(F)cc3)c2c1=O. The highest BCUT2D eigenvalue weighted by Gasteiger charge is 2.14. The molecule has 0 radical (unpaired) electrons. The molecule has 0 N–H and O–H groups in total. The van der Waals surface area contributed by atoms with E-state index < -0.39 is 0 Å². The van der Waals surface area contributed by atoms with E-state index in [9.17, 15) is 9.18 Å². The molecule has 6 heteroatoms. The Morgan fingerprint density at radius 3 is 2.70 bits per heavy atom. The maximum atomic E-state index is 13.2. The summed E-state index contributed by atoms with van der Waals surface area (Å²) < 4.78 is 20.5. The van der Waals surface area contributed by atoms with Gasteiger partial charge >= 0.3 is 0 Å². The molecule has 0 bridgehead atoms. The second-order valence-electron chi connectivity index (χ2n) is 6.05. The minimum Gasteiger partial charge on any atom is -0.494 e. The van der Waals surface area contributed by atoms with Gasteiger partial charge in [0.25, 0.3) is 5.56 Å². The first-order valence-electron chi connectivity index (χ1n) is 8.60. The molecule has 0 aliphatic carbocycles. The van der Waals surface area contributed by atoms with Crippen molar-refractivity contribution in [3.63, 3.8) is 0 Å². The van der Waals surface area contributed by atoms with Gasteiger partial charge in [-0.25, -0.2) is 9.37 Å². The average Bonchev–Trinajstić information content (AvgIpc) is 3.11. The zero-order valence-electron chi connectivity index (χ0n) is 14.7. The molecule has 4 aromatic rings. The number of halogens is 1. The van der Waals surface area contributed by atoms with E-state index in [0.29, 0.717) is 23.4 Å². The summed E-state index contributed by atoms with van der Waals surface area (Å²) in [4.78, 5) is 18.3. The smallest absolute Gasteiger partial charge is 0.263 e. The predicted octanol–water partition coefficient (Wildman–Crippen LogP) is 4.71. The molecule has 0 aliphatic rings. The van der Waals surface area contributed by atoms with Crippen LogP contribution in [0.5, 0.6) is 5.75 Å². The summed E-state index contributed by atoms with van der Waals surface area (Å²) in [5, 5.41) is 2.45. The molecule has 0 spiro atoms. The van der Waals surface area contributed by atoms with Crippen LogP contribution in [-0.2, 0) is 6.54 Å². The van der Waals surface area contributed by atoms with Gasteiger partial charge in [0, 0.05) is 16.5 Å². The highest BCUT2D eigenvalue weighted by Crippen LogP contribution is 2.30. The number of hydrogen-bond donors (Lipinski definition) is 0. The molecule has 2 aromatic carbocycles. The second-order valence-corrected chi connectivity index (χ2v) is 6.91. The Morgan fingerprint density at radius 2 is 1.93 bits per heavy atom. The molecule has 0 atom stereocenters. The van der Waals surface area contributed by atoms with Gasteiger partial charge in [-0.2, -0.15) is 0 Å². The van der Waals surface area contributed by atoms with Crippen molar-refractivity contribution < 1.29 is 9.13 Å². The van der Waals surface area contributed by atoms with Crippen molar-refractivity contribution in [3.8, 4) is 16.9 Å². The van der Waals surface area contributed by atoms with Gasteiger partial charge in [-0.3, -0.25) is 9.36 Å². The third kappa shape index (κ3) is 3.36. The van der Waals surface area contributed by atoms with Crippen molar-refractivity contribution >= 4 is 21.6 Å². The molecule has 0 unspecified atom stereocenters. The molecule has 0 saturated carbocycles. The third-order valence-electron chi connectivity index (χ3n) is 4.33. The van der Waals surface area contributed by atoms with Crippen LogP contribution in [0.25, 0.3) is 21.3 Å². The predicted molar refractivity (Wildman–Crippen MR) is 106 cm³/mol. The van der Waals surface area contributed by atoms with Gasteiger partial charge in [-0.1, -0.05) is 30.3 Å². The molecule has 4 nitrogen and oxygen atoms in total. The maximum Gasteiger partial charge on any atom is 0.263 e. The molecule has 4 rings (SSSR count). The van der Waals surface area contributed by atoms with Crippen molar-refractivity contribution in [2.45, 2.75) is 13.5 Å². The van der Waals surface area contributed by atoms with Gasteiger partial charge < -0.3 is 4.74 Å². The van der Waals surface area contributed by atoms with Crippen LogP contribution in [0.2, 0.25) is 0 Å². The van der Waals surface area contributed by atoms with Crippen LogP contribution in [0.3, 0.4) is 0 Å². The minimum atomic E-state index is -0.304. The van der Waals surface area contributed by atoms with Crippen LogP contribution in [0.4, 0.5) is 4.39 Å². The van der Waals surface area contributed by atoms with E-state index in [1.807, 2.05) is 36.6 Å². The number of ether oxygens (including phenoxy) is 1. The number of nitrogens with zero attached hydrogens (tertiary/aromatic N) is 2. The topological polar surface area (TPSA) is 44.1 Å². The number of fused-ring (bicyclic) bond motifs is 1. The Kier molecular flexibility index (Phi) is 4.73. The van der Waals surface area contributed by atoms with Gasteiger partial charge in [0.15, 0.2) is 0 Å². The van der Waals surface area contributed by atoms with Crippen molar-refractivity contribution in [3.05, 3.63) is 82.0 Å². The Labute approximate surface area is 159 Å². The first-order valence-corrected chi connectivity index (χ1v) is 9.48. The fourth-order valence-electron chi connectivity index (χ4n) is 3.04. The summed E-state index contributed by atoms with van der Waals surface area (Å²) in [5.41, 5.74) is 2.38. The van der Waals surface area contributed by atoms with E-state index >= 15 is 0 Å². The summed E-state index contributed by atoms with van der Waals surface area (Å²) in [5.74, 6) is 0.456. The lowest BCUT2D eigenvalue weighted by Gasteiger charge is -2.11. The van der Waals surface area contributed by atoms with Crippen LogP contribution < -0.4 is 10.3 Å². The fraction of sp³-hybridized carbons (Fsp3) is 0.143. The minimum absolute atomic E-state index is 0.119. The number of para-hydroxylation sites is 1. The summed E-state index contributed by atoms with van der Waals surface area (Å²) in [7, 11) is 0. The largest absolute Gasteiger partial charge is 0.494 e. The van der Waals surface area contributed by atoms with Crippen LogP contribution in [0, 0.1) is 5.82 Å². The molecular weight excluding hydrogens is 363 g/mol. The van der Waals surface area contributed by atoms with Gasteiger partial charge in [-0.05, 0) is 30.7 Å². The van der Waals surface area contributed by atoms with E-state index in [1.54, 1.807) is 23.0 Å². The average molecular weight is 380 g/mol. The lowest BCUT2D eigenvalue weighted by atomic mass is 10.1. The Hall–Kier alpha value is -2.99. The van der Waals surface area contributed by atoms with E-state index in [4.69, 9.17) is 4.74 Å². The lowest BCUT2D eigenvalue weighted by Crippen LogP contribution is -2.21. The van der Waals surface area contributed by atoms with Crippen molar-refractivity contribution in [1.29, 1.82) is 0 Å². The summed E-state index contributed by atoms with van der Waals surface area (Å²) in [6.07, 6.45) is 1.57. The van der Waals surface area contributed by atoms with Crippen molar-refractivity contribution in [2.24, 2.45) is 0 Å². The first-order chi connectivity index (χ1) is 13.2. The van der Waals surface area contributed by atoms with Gasteiger partial charge in [0.2, 0.25) is 0 Å². The third-order valence-corrected chi connectivity index (χ3v) is 5.22. The number of benzene rings is 2. The number of rotatable bonds is 5. The number of hydrogen-bond acceptors (Lipinski definition) is 4. The highest BCUT2D eigenvalue weighted by molar-refractivity contribution is 7.17. The second kappa shape index (κ2) is 7.32. The zero-order valence-corrected chi connectivity index (χ0v) is 15.5. The van der Waals surface area contributed by atoms with E-state index in [0.717, 1.165) is 22.4 Å². The molecule has 2 aromatic heterocycles. The summed E-state index contributed by atoms with van der Waals surface area (Å²) in [6.45, 7) is 2.86. The molecule has 0 amide bonds. The quantitative estimate of drug-likeness (QED) is 0.504. The standard InChI is InChI=1S/C21H17FN2O2S/c1-2-26-18-6-4-3-5-15(18)11-24-13-23-20-19(21(24)25)17(12-27-20)14-7-9-16(22)10-8-14/h3-10,12-13H,2,11H2,1H3. The Bertz CT molecular complexity index is 1150. The first kappa shape index (κ1) is 17.4. The van der Waals surface area contributed by atoms with Crippen LogP contribution >= 0.6 is 11.3 Å². The van der Waals surface area contributed by atoms with Gasteiger partial charge in [0.05, 0.1) is 24.9 Å².